The van der Waals surface area contributed by atoms with Crippen molar-refractivity contribution in [2.24, 2.45) is 0 Å². The van der Waals surface area contributed by atoms with Crippen LogP contribution in [0, 0.1) is 5.82 Å². The predicted molar refractivity (Wildman–Crippen MR) is 75.2 cm³/mol. The van der Waals surface area contributed by atoms with Crippen molar-refractivity contribution >= 4 is 39.1 Å². The van der Waals surface area contributed by atoms with Crippen molar-refractivity contribution in [3.8, 4) is 5.75 Å². The number of rotatable bonds is 2. The van der Waals surface area contributed by atoms with E-state index in [0.29, 0.717) is 9.50 Å². The van der Waals surface area contributed by atoms with Crippen molar-refractivity contribution in [3.63, 3.8) is 0 Å². The van der Waals surface area contributed by atoms with Gasteiger partial charge >= 0.3 is 0 Å². The monoisotopic (exact) mass is 343 g/mol. The van der Waals surface area contributed by atoms with E-state index in [0.717, 1.165) is 0 Å². The second-order valence-corrected chi connectivity index (χ2v) is 5.03. The third-order valence-electron chi connectivity index (χ3n) is 2.38. The first-order chi connectivity index (χ1) is 8.97. The average molecular weight is 345 g/mol. The lowest BCUT2D eigenvalue weighted by Crippen LogP contribution is -2.12. The van der Waals surface area contributed by atoms with E-state index in [4.69, 9.17) is 11.6 Å². The fraction of sp³-hybridized carbons (Fsp3) is 0. The van der Waals surface area contributed by atoms with Crippen LogP contribution >= 0.6 is 27.5 Å². The molecular weight excluding hydrogens is 337 g/mol. The molecule has 0 spiro atoms. The molecule has 2 aromatic carbocycles. The minimum atomic E-state index is -0.555. The van der Waals surface area contributed by atoms with E-state index in [9.17, 15) is 14.3 Å². The fourth-order valence-electron chi connectivity index (χ4n) is 1.48. The Morgan fingerprint density at radius 1 is 1.26 bits per heavy atom. The van der Waals surface area contributed by atoms with E-state index >= 15 is 0 Å². The second-order valence-electron chi connectivity index (χ2n) is 3.74. The molecule has 6 heteroatoms. The summed E-state index contributed by atoms with van der Waals surface area (Å²) in [5.74, 6) is -1.27. The Hall–Kier alpha value is -1.59. The lowest BCUT2D eigenvalue weighted by Gasteiger charge is -2.09. The zero-order chi connectivity index (χ0) is 14.0. The van der Waals surface area contributed by atoms with Crippen molar-refractivity contribution in [2.75, 3.05) is 5.32 Å². The van der Waals surface area contributed by atoms with Crippen LogP contribution in [0.15, 0.2) is 40.9 Å². The summed E-state index contributed by atoms with van der Waals surface area (Å²) in [4.78, 5) is 12.0. The van der Waals surface area contributed by atoms with Crippen LogP contribution < -0.4 is 5.32 Å². The maximum atomic E-state index is 13.1. The van der Waals surface area contributed by atoms with Gasteiger partial charge in [0, 0.05) is 9.50 Å². The van der Waals surface area contributed by atoms with Gasteiger partial charge in [-0.3, -0.25) is 4.79 Å². The second kappa shape index (κ2) is 5.59. The predicted octanol–water partition coefficient (Wildman–Crippen LogP) is 4.20. The van der Waals surface area contributed by atoms with Crippen LogP contribution in [0.25, 0.3) is 0 Å². The average Bonchev–Trinajstić information content (AvgIpc) is 2.33. The number of hydrogen-bond acceptors (Lipinski definition) is 2. The number of nitrogens with one attached hydrogen (secondary N) is 1. The van der Waals surface area contributed by atoms with Gasteiger partial charge in [0.1, 0.15) is 11.6 Å². The molecule has 3 nitrogen and oxygen atoms in total. The van der Waals surface area contributed by atoms with Gasteiger partial charge < -0.3 is 10.4 Å². The summed E-state index contributed by atoms with van der Waals surface area (Å²) in [5.41, 5.74) is 0.333. The Balaban J connectivity index is 2.28. The third kappa shape index (κ3) is 3.24. The Morgan fingerprint density at radius 2 is 2.00 bits per heavy atom. The molecule has 0 aromatic heterocycles. The van der Waals surface area contributed by atoms with Gasteiger partial charge in [-0.05, 0) is 52.3 Å². The van der Waals surface area contributed by atoms with E-state index in [1.807, 2.05) is 0 Å². The number of amides is 1. The summed E-state index contributed by atoms with van der Waals surface area (Å²) in [7, 11) is 0. The summed E-state index contributed by atoms with van der Waals surface area (Å²) in [6, 6.07) is 8.05. The highest BCUT2D eigenvalue weighted by Gasteiger charge is 2.13. The number of carbonyl (C=O) groups excluding carboxylic acids is 1. The van der Waals surface area contributed by atoms with Crippen LogP contribution in [0.1, 0.15) is 10.4 Å². The van der Waals surface area contributed by atoms with E-state index in [1.54, 1.807) is 0 Å². The van der Waals surface area contributed by atoms with Crippen LogP contribution in [-0.2, 0) is 0 Å². The Kier molecular flexibility index (Phi) is 4.07. The molecule has 0 saturated carbocycles. The molecule has 0 bridgehead atoms. The van der Waals surface area contributed by atoms with E-state index in [-0.39, 0.29) is 17.0 Å². The highest BCUT2D eigenvalue weighted by Crippen LogP contribution is 2.26. The molecule has 0 aliphatic carbocycles. The Labute approximate surface area is 122 Å². The van der Waals surface area contributed by atoms with E-state index in [2.05, 4.69) is 21.2 Å². The SMILES string of the molecule is O=C(Nc1cc(F)ccc1Br)c1ccc(Cl)cc1O. The maximum absolute atomic E-state index is 13.1. The number of hydrogen-bond donors (Lipinski definition) is 2. The molecule has 19 heavy (non-hydrogen) atoms. The molecule has 2 N–H and O–H groups in total. The van der Waals surface area contributed by atoms with Gasteiger partial charge in [-0.1, -0.05) is 11.6 Å². The first-order valence-corrected chi connectivity index (χ1v) is 6.39. The van der Waals surface area contributed by atoms with Crippen molar-refractivity contribution in [1.29, 1.82) is 0 Å². The largest absolute Gasteiger partial charge is 0.507 e. The van der Waals surface area contributed by atoms with Gasteiger partial charge in [-0.15, -0.1) is 0 Å². The summed E-state index contributed by atoms with van der Waals surface area (Å²) in [6.07, 6.45) is 0. The van der Waals surface area contributed by atoms with Crippen LogP contribution in [-0.4, -0.2) is 11.0 Å². The quantitative estimate of drug-likeness (QED) is 0.858. The molecule has 0 saturated heterocycles. The van der Waals surface area contributed by atoms with Crippen LogP contribution in [0.3, 0.4) is 0 Å². The molecule has 2 aromatic rings. The molecule has 0 aliphatic rings. The van der Waals surface area contributed by atoms with Crippen molar-refractivity contribution < 1.29 is 14.3 Å². The lowest BCUT2D eigenvalue weighted by atomic mass is 10.2. The van der Waals surface area contributed by atoms with Crippen LogP contribution in [0.5, 0.6) is 5.75 Å². The van der Waals surface area contributed by atoms with Crippen molar-refractivity contribution in [2.45, 2.75) is 0 Å². The molecule has 0 unspecified atom stereocenters. The normalized spacial score (nSPS) is 10.3. The molecule has 0 heterocycles. The summed E-state index contributed by atoms with van der Waals surface area (Å²) >= 11 is 8.88. The summed E-state index contributed by atoms with van der Waals surface area (Å²) < 4.78 is 13.6. The van der Waals surface area contributed by atoms with Gasteiger partial charge in [0.15, 0.2) is 0 Å². The molecule has 0 fully saturated rings. The fourth-order valence-corrected chi connectivity index (χ4v) is 1.99. The zero-order valence-electron chi connectivity index (χ0n) is 9.45. The summed E-state index contributed by atoms with van der Waals surface area (Å²) in [6.45, 7) is 0. The number of carbonyl (C=O) groups is 1. The minimum absolute atomic E-state index is 0.0561. The minimum Gasteiger partial charge on any atom is -0.507 e. The first kappa shape index (κ1) is 13.8. The molecule has 2 rings (SSSR count). The zero-order valence-corrected chi connectivity index (χ0v) is 11.8. The lowest BCUT2D eigenvalue weighted by molar-refractivity contribution is 0.102. The number of halogens is 3. The van der Waals surface area contributed by atoms with Gasteiger partial charge in [-0.25, -0.2) is 4.39 Å². The highest BCUT2D eigenvalue weighted by atomic mass is 79.9. The van der Waals surface area contributed by atoms with E-state index < -0.39 is 11.7 Å². The Bertz CT molecular complexity index is 649. The molecule has 0 atom stereocenters. The van der Waals surface area contributed by atoms with Gasteiger partial charge in [0.05, 0.1) is 11.3 Å². The summed E-state index contributed by atoms with van der Waals surface area (Å²) in [5, 5.41) is 12.5. The standard InChI is InChI=1S/C13H8BrClFNO2/c14-10-4-2-8(16)6-11(10)17-13(19)9-3-1-7(15)5-12(9)18/h1-6,18H,(H,17,19). The van der Waals surface area contributed by atoms with Gasteiger partial charge in [0.2, 0.25) is 0 Å². The number of aromatic hydroxyl groups is 1. The van der Waals surface area contributed by atoms with Crippen molar-refractivity contribution in [1.82, 2.24) is 0 Å². The topological polar surface area (TPSA) is 49.3 Å². The van der Waals surface area contributed by atoms with Gasteiger partial charge in [0.25, 0.3) is 5.91 Å². The number of phenols is 1. The number of phenolic OH excluding ortho intramolecular Hbond substituents is 1. The molecule has 0 aliphatic heterocycles. The first-order valence-electron chi connectivity index (χ1n) is 5.22. The highest BCUT2D eigenvalue weighted by molar-refractivity contribution is 9.10. The number of benzene rings is 2. The molecule has 1 amide bonds. The molecular formula is C13H8BrClFNO2. The van der Waals surface area contributed by atoms with Crippen molar-refractivity contribution in [3.05, 3.63) is 57.3 Å². The maximum Gasteiger partial charge on any atom is 0.259 e. The van der Waals surface area contributed by atoms with E-state index in [1.165, 1.54) is 36.4 Å². The molecule has 98 valence electrons. The number of anilines is 1. The smallest absolute Gasteiger partial charge is 0.259 e. The Morgan fingerprint density at radius 3 is 2.68 bits per heavy atom. The van der Waals surface area contributed by atoms with Crippen LogP contribution in [0.4, 0.5) is 10.1 Å². The van der Waals surface area contributed by atoms with Crippen LogP contribution in [0.2, 0.25) is 5.02 Å². The van der Waals surface area contributed by atoms with Gasteiger partial charge in [-0.2, -0.15) is 0 Å². The third-order valence-corrected chi connectivity index (χ3v) is 3.31. The molecule has 0 radical (unpaired) electrons.